The Kier molecular flexibility index (Phi) is 8.88. The van der Waals surface area contributed by atoms with Gasteiger partial charge in [-0.25, -0.2) is 0 Å². The number of carboxylic acid groups (broad SMARTS) is 1. The zero-order valence-electron chi connectivity index (χ0n) is 25.6. The summed E-state index contributed by atoms with van der Waals surface area (Å²) in [6.07, 6.45) is 5.77. The van der Waals surface area contributed by atoms with Crippen molar-refractivity contribution >= 4 is 29.2 Å². The average molecular weight is 615 g/mol. The first-order chi connectivity index (χ1) is 21.9. The molecule has 1 unspecified atom stereocenters. The molecule has 1 fully saturated rings. The van der Waals surface area contributed by atoms with E-state index in [0.29, 0.717) is 55.4 Å². The number of aromatic nitrogens is 1. The smallest absolute Gasteiger partial charge is 0.308 e. The summed E-state index contributed by atoms with van der Waals surface area (Å²) in [6.45, 7) is 3.35. The second kappa shape index (κ2) is 13.2. The van der Waals surface area contributed by atoms with Crippen molar-refractivity contribution in [3.05, 3.63) is 72.1 Å². The largest absolute Gasteiger partial charge is 0.493 e. The maximum atomic E-state index is 14.0. The number of para-hydroxylation sites is 1. The minimum atomic E-state index is -0.958. The molecule has 11 heteroatoms. The van der Waals surface area contributed by atoms with Crippen LogP contribution in [0.3, 0.4) is 0 Å². The molecule has 3 aliphatic rings. The Morgan fingerprint density at radius 3 is 2.76 bits per heavy atom. The third kappa shape index (κ3) is 6.04. The van der Waals surface area contributed by atoms with Crippen molar-refractivity contribution in [3.8, 4) is 17.2 Å². The summed E-state index contributed by atoms with van der Waals surface area (Å²) < 4.78 is 16.8. The second-order valence-electron chi connectivity index (χ2n) is 11.7. The van der Waals surface area contributed by atoms with Gasteiger partial charge in [-0.3, -0.25) is 24.3 Å². The summed E-state index contributed by atoms with van der Waals surface area (Å²) in [7, 11) is 1.53. The van der Waals surface area contributed by atoms with Crippen molar-refractivity contribution in [3.63, 3.8) is 0 Å². The topological polar surface area (TPSA) is 122 Å². The summed E-state index contributed by atoms with van der Waals surface area (Å²) >= 11 is 0. The fraction of sp³-hybridized carbons (Fsp3) is 0.412. The van der Waals surface area contributed by atoms with E-state index in [1.54, 1.807) is 34.3 Å². The third-order valence-corrected chi connectivity index (χ3v) is 9.05. The van der Waals surface area contributed by atoms with Crippen LogP contribution in [-0.4, -0.2) is 78.9 Å². The van der Waals surface area contributed by atoms with Crippen LogP contribution in [-0.2, 0) is 20.8 Å². The number of likely N-dealkylation sites (tertiary alicyclic amines) is 1. The SMILES string of the molecule is CCCCN(C(=O)CN1C[C@H](c2cc(OC)c3c(c2)OCO3)C(C(=O)O)[C@@H]1CCN1C(=O)Cc2ccccc21)c1cccnc1. The number of hydrogen-bond donors (Lipinski definition) is 1. The Morgan fingerprint density at radius 1 is 1.16 bits per heavy atom. The number of aliphatic carboxylic acids is 1. The van der Waals surface area contributed by atoms with Gasteiger partial charge in [-0.05, 0) is 54.3 Å². The van der Waals surface area contributed by atoms with E-state index in [-0.39, 0.29) is 25.2 Å². The predicted octanol–water partition coefficient (Wildman–Crippen LogP) is 4.10. The van der Waals surface area contributed by atoms with Gasteiger partial charge in [-0.1, -0.05) is 31.5 Å². The second-order valence-corrected chi connectivity index (χ2v) is 11.7. The Labute approximate surface area is 262 Å². The molecule has 0 radical (unpaired) electrons. The zero-order chi connectivity index (χ0) is 31.5. The molecule has 0 aliphatic carbocycles. The molecule has 3 aromatic rings. The van der Waals surface area contributed by atoms with Crippen LogP contribution in [0.15, 0.2) is 60.9 Å². The van der Waals surface area contributed by atoms with Gasteiger partial charge >= 0.3 is 5.97 Å². The Morgan fingerprint density at radius 2 is 2.00 bits per heavy atom. The molecule has 3 atom stereocenters. The number of anilines is 2. The van der Waals surface area contributed by atoms with Gasteiger partial charge in [0.2, 0.25) is 24.4 Å². The lowest BCUT2D eigenvalue weighted by molar-refractivity contribution is -0.143. The van der Waals surface area contributed by atoms with Gasteiger partial charge in [0.15, 0.2) is 11.5 Å². The quantitative estimate of drug-likeness (QED) is 0.321. The Bertz CT molecular complexity index is 1570. The summed E-state index contributed by atoms with van der Waals surface area (Å²) in [5, 5.41) is 10.7. The fourth-order valence-corrected chi connectivity index (χ4v) is 6.86. The highest BCUT2D eigenvalue weighted by atomic mass is 16.7. The number of hydrogen-bond acceptors (Lipinski definition) is 8. The molecule has 0 saturated carbocycles. The van der Waals surface area contributed by atoms with Gasteiger partial charge in [0, 0.05) is 43.5 Å². The van der Waals surface area contributed by atoms with E-state index < -0.39 is 23.8 Å². The molecule has 2 amide bonds. The van der Waals surface area contributed by atoms with Crippen molar-refractivity contribution in [1.82, 2.24) is 9.88 Å². The number of amides is 2. The van der Waals surface area contributed by atoms with Gasteiger partial charge < -0.3 is 29.1 Å². The van der Waals surface area contributed by atoms with Crippen LogP contribution < -0.4 is 24.0 Å². The number of unbranched alkanes of at least 4 members (excludes halogenated alkanes) is 1. The number of carbonyl (C=O) groups is 3. The standard InChI is InChI=1S/C34H38N4O7/c1-3-4-13-37(24-9-7-12-35-18-24)31(40)20-36-19-25(23-15-28(43-2)33-29(16-23)44-21-45-33)32(34(41)42)27(36)11-14-38-26-10-6-5-8-22(26)17-30(38)39/h5-10,12,15-16,18,25,27,32H,3-4,11,13-14,17,19-21H2,1-2H3,(H,41,42)/t25-,27+,32?/m1/s1. The average Bonchev–Trinajstić information content (AvgIpc) is 3.75. The van der Waals surface area contributed by atoms with E-state index >= 15 is 0 Å². The number of rotatable bonds is 12. The van der Waals surface area contributed by atoms with Gasteiger partial charge in [-0.15, -0.1) is 0 Å². The number of carbonyl (C=O) groups excluding carboxylic acids is 2. The molecule has 2 aromatic carbocycles. The first-order valence-electron chi connectivity index (χ1n) is 15.4. The lowest BCUT2D eigenvalue weighted by Gasteiger charge is -2.31. The third-order valence-electron chi connectivity index (χ3n) is 9.05. The molecule has 1 N–H and O–H groups in total. The van der Waals surface area contributed by atoms with Crippen LogP contribution >= 0.6 is 0 Å². The number of fused-ring (bicyclic) bond motifs is 2. The van der Waals surface area contributed by atoms with Crippen LogP contribution in [0.2, 0.25) is 0 Å². The van der Waals surface area contributed by atoms with E-state index in [0.717, 1.165) is 29.7 Å². The molecular weight excluding hydrogens is 576 g/mol. The maximum absolute atomic E-state index is 14.0. The van der Waals surface area contributed by atoms with Crippen LogP contribution in [0, 0.1) is 5.92 Å². The molecule has 4 heterocycles. The number of carboxylic acids is 1. The van der Waals surface area contributed by atoms with Crippen LogP contribution in [0.4, 0.5) is 11.4 Å². The number of nitrogens with zero attached hydrogens (tertiary/aromatic N) is 4. The lowest BCUT2D eigenvalue weighted by Crippen LogP contribution is -2.46. The molecule has 1 saturated heterocycles. The van der Waals surface area contributed by atoms with Crippen molar-refractivity contribution < 1.29 is 33.7 Å². The Balaban J connectivity index is 1.33. The maximum Gasteiger partial charge on any atom is 0.308 e. The van der Waals surface area contributed by atoms with E-state index in [2.05, 4.69) is 11.9 Å². The summed E-state index contributed by atoms with van der Waals surface area (Å²) in [6, 6.07) is 14.4. The number of methoxy groups -OCH3 is 1. The zero-order valence-corrected chi connectivity index (χ0v) is 25.6. The summed E-state index contributed by atoms with van der Waals surface area (Å²) in [5.74, 6) is -0.951. The normalized spacial score (nSPS) is 20.4. The monoisotopic (exact) mass is 614 g/mol. The van der Waals surface area contributed by atoms with Gasteiger partial charge in [-0.2, -0.15) is 0 Å². The molecule has 45 heavy (non-hydrogen) atoms. The van der Waals surface area contributed by atoms with E-state index in [4.69, 9.17) is 14.2 Å². The molecule has 236 valence electrons. The highest BCUT2D eigenvalue weighted by Gasteiger charge is 2.48. The van der Waals surface area contributed by atoms with Crippen LogP contribution in [0.5, 0.6) is 17.2 Å². The number of ether oxygens (including phenoxy) is 3. The van der Waals surface area contributed by atoms with Crippen molar-refractivity contribution in [2.24, 2.45) is 5.92 Å². The summed E-state index contributed by atoms with van der Waals surface area (Å²) in [4.78, 5) is 49.7. The number of pyridine rings is 1. The lowest BCUT2D eigenvalue weighted by atomic mass is 9.84. The van der Waals surface area contributed by atoms with Crippen molar-refractivity contribution in [2.45, 2.75) is 44.6 Å². The predicted molar refractivity (Wildman–Crippen MR) is 167 cm³/mol. The van der Waals surface area contributed by atoms with E-state index in [1.165, 1.54) is 7.11 Å². The molecular formula is C34H38N4O7. The van der Waals surface area contributed by atoms with E-state index in [1.807, 2.05) is 41.3 Å². The molecule has 3 aliphatic heterocycles. The van der Waals surface area contributed by atoms with Gasteiger partial charge in [0.1, 0.15) is 0 Å². The van der Waals surface area contributed by atoms with Gasteiger partial charge in [0.05, 0.1) is 37.9 Å². The molecule has 1 aromatic heterocycles. The first kappa shape index (κ1) is 30.4. The summed E-state index contributed by atoms with van der Waals surface area (Å²) in [5.41, 5.74) is 3.26. The highest BCUT2D eigenvalue weighted by Crippen LogP contribution is 2.47. The minimum absolute atomic E-state index is 0.0110. The van der Waals surface area contributed by atoms with Crippen molar-refractivity contribution in [1.29, 1.82) is 0 Å². The molecule has 6 rings (SSSR count). The van der Waals surface area contributed by atoms with E-state index in [9.17, 15) is 19.5 Å². The van der Waals surface area contributed by atoms with Crippen molar-refractivity contribution in [2.75, 3.05) is 49.9 Å². The van der Waals surface area contributed by atoms with Crippen LogP contribution in [0.25, 0.3) is 0 Å². The highest BCUT2D eigenvalue weighted by molar-refractivity contribution is 6.01. The van der Waals surface area contributed by atoms with Crippen LogP contribution in [0.1, 0.15) is 43.2 Å². The number of benzene rings is 2. The molecule has 0 bridgehead atoms. The first-order valence-corrected chi connectivity index (χ1v) is 15.4. The molecule has 0 spiro atoms. The van der Waals surface area contributed by atoms with Gasteiger partial charge in [0.25, 0.3) is 0 Å². The molecule has 11 nitrogen and oxygen atoms in total. The Hall–Kier alpha value is -4.64. The minimum Gasteiger partial charge on any atom is -0.493 e. The fourth-order valence-electron chi connectivity index (χ4n) is 6.86.